The van der Waals surface area contributed by atoms with Crippen LogP contribution in [0.1, 0.15) is 5.56 Å². The lowest BCUT2D eigenvalue weighted by molar-refractivity contribution is -0.384. The topological polar surface area (TPSA) is 73.6 Å². The lowest BCUT2D eigenvalue weighted by Gasteiger charge is -2.08. The van der Waals surface area contributed by atoms with Gasteiger partial charge in [-0.2, -0.15) is 0 Å². The number of rotatable bonds is 4. The number of benzene rings is 2. The Labute approximate surface area is 125 Å². The number of nitrogens with one attached hydrogen (secondary N) is 1. The third-order valence-corrected chi connectivity index (χ3v) is 3.34. The van der Waals surface area contributed by atoms with Crippen molar-refractivity contribution < 1.29 is 14.4 Å². The summed E-state index contributed by atoms with van der Waals surface area (Å²) in [6.07, 6.45) is 0. The fourth-order valence-electron chi connectivity index (χ4n) is 2.02. The predicted molar refractivity (Wildman–Crippen MR) is 78.0 cm³/mol. The van der Waals surface area contributed by atoms with Crippen molar-refractivity contribution in [2.24, 2.45) is 0 Å². The van der Waals surface area contributed by atoms with Gasteiger partial charge >= 0.3 is 0 Å². The molecule has 108 valence electrons. The van der Waals surface area contributed by atoms with Crippen molar-refractivity contribution in [2.45, 2.75) is 6.54 Å². The Morgan fingerprint density at radius 1 is 1.19 bits per heavy atom. The minimum absolute atomic E-state index is 0.0480. The summed E-state index contributed by atoms with van der Waals surface area (Å²) in [5.41, 5.74) is 1.30. The van der Waals surface area contributed by atoms with Crippen molar-refractivity contribution in [3.05, 3.63) is 57.1 Å². The smallest absolute Gasteiger partial charge is 0.296 e. The molecular formula is C14H11ClN2O4. The molecule has 7 heteroatoms. The van der Waals surface area contributed by atoms with E-state index < -0.39 is 4.92 Å². The summed E-state index contributed by atoms with van der Waals surface area (Å²) in [7, 11) is 0. The lowest BCUT2D eigenvalue weighted by Crippen LogP contribution is -2.02. The molecule has 1 heterocycles. The van der Waals surface area contributed by atoms with Crippen LogP contribution in [0, 0.1) is 10.1 Å². The second-order valence-corrected chi connectivity index (χ2v) is 4.90. The molecule has 1 N–H and O–H groups in total. The number of fused-ring (bicyclic) bond motifs is 1. The quantitative estimate of drug-likeness (QED) is 0.690. The number of nitro groups is 1. The second-order valence-electron chi connectivity index (χ2n) is 4.46. The van der Waals surface area contributed by atoms with E-state index in [-0.39, 0.29) is 12.5 Å². The van der Waals surface area contributed by atoms with E-state index in [1.54, 1.807) is 18.2 Å². The molecule has 0 spiro atoms. The zero-order valence-corrected chi connectivity index (χ0v) is 11.6. The molecule has 0 aliphatic carbocycles. The minimum atomic E-state index is -0.452. The third kappa shape index (κ3) is 2.85. The van der Waals surface area contributed by atoms with Gasteiger partial charge in [-0.1, -0.05) is 23.7 Å². The van der Waals surface area contributed by atoms with Gasteiger partial charge in [0.2, 0.25) is 6.79 Å². The van der Waals surface area contributed by atoms with E-state index in [9.17, 15) is 10.1 Å². The molecule has 1 aliphatic rings. The largest absolute Gasteiger partial charge is 0.454 e. The molecular weight excluding hydrogens is 296 g/mol. The van der Waals surface area contributed by atoms with E-state index in [0.717, 1.165) is 5.56 Å². The average molecular weight is 307 g/mol. The Bertz CT molecular complexity index is 688. The summed E-state index contributed by atoms with van der Waals surface area (Å²) in [4.78, 5) is 10.7. The highest BCUT2D eigenvalue weighted by Gasteiger charge is 2.23. The monoisotopic (exact) mass is 306 g/mol. The molecule has 0 radical (unpaired) electrons. The van der Waals surface area contributed by atoms with Crippen LogP contribution in [0.15, 0.2) is 36.4 Å². The Morgan fingerprint density at radius 2 is 1.86 bits per heavy atom. The van der Waals surface area contributed by atoms with Gasteiger partial charge in [0, 0.05) is 17.6 Å². The van der Waals surface area contributed by atoms with Crippen LogP contribution >= 0.6 is 11.6 Å². The molecule has 0 atom stereocenters. The molecule has 0 bridgehead atoms. The first-order valence-electron chi connectivity index (χ1n) is 6.20. The normalized spacial score (nSPS) is 12.2. The Balaban J connectivity index is 1.84. The first kappa shape index (κ1) is 13.5. The zero-order chi connectivity index (χ0) is 14.8. The van der Waals surface area contributed by atoms with E-state index in [2.05, 4.69) is 5.32 Å². The number of ether oxygens (including phenoxy) is 2. The second kappa shape index (κ2) is 5.49. The van der Waals surface area contributed by atoms with Crippen LogP contribution < -0.4 is 14.8 Å². The van der Waals surface area contributed by atoms with Crippen LogP contribution in [0.25, 0.3) is 0 Å². The first-order valence-corrected chi connectivity index (χ1v) is 6.57. The number of anilines is 1. The highest BCUT2D eigenvalue weighted by molar-refractivity contribution is 6.30. The van der Waals surface area contributed by atoms with Gasteiger partial charge in [0.05, 0.1) is 11.0 Å². The van der Waals surface area contributed by atoms with Crippen molar-refractivity contribution in [2.75, 3.05) is 12.1 Å². The van der Waals surface area contributed by atoms with Crippen LogP contribution in [0.3, 0.4) is 0 Å². The van der Waals surface area contributed by atoms with Gasteiger partial charge < -0.3 is 14.8 Å². The molecule has 0 aromatic heterocycles. The van der Waals surface area contributed by atoms with Crippen molar-refractivity contribution in [3.63, 3.8) is 0 Å². The summed E-state index contributed by atoms with van der Waals surface area (Å²) in [6.45, 7) is 0.519. The summed E-state index contributed by atoms with van der Waals surface area (Å²) in [6, 6.07) is 10.2. The fourth-order valence-corrected chi connectivity index (χ4v) is 2.15. The maximum Gasteiger partial charge on any atom is 0.296 e. The number of hydrogen-bond acceptors (Lipinski definition) is 5. The van der Waals surface area contributed by atoms with Gasteiger partial charge in [-0.05, 0) is 17.7 Å². The van der Waals surface area contributed by atoms with E-state index in [1.165, 1.54) is 6.07 Å². The van der Waals surface area contributed by atoms with Crippen LogP contribution in [-0.4, -0.2) is 11.7 Å². The number of halogens is 1. The fraction of sp³-hybridized carbons (Fsp3) is 0.143. The summed E-state index contributed by atoms with van der Waals surface area (Å²) in [5.74, 6) is 0.887. The molecule has 6 nitrogen and oxygen atoms in total. The number of nitro benzene ring substituents is 1. The first-order chi connectivity index (χ1) is 10.1. The van der Waals surface area contributed by atoms with Gasteiger partial charge in [-0.15, -0.1) is 0 Å². The molecule has 2 aromatic carbocycles. The SMILES string of the molecule is O=[N+]([O-])c1cc2c(cc1NCc1ccc(Cl)cc1)OCO2. The third-order valence-electron chi connectivity index (χ3n) is 3.08. The summed E-state index contributed by atoms with van der Waals surface area (Å²) >= 11 is 5.82. The molecule has 0 saturated heterocycles. The summed E-state index contributed by atoms with van der Waals surface area (Å²) < 4.78 is 10.4. The van der Waals surface area contributed by atoms with E-state index in [1.807, 2.05) is 12.1 Å². The molecule has 1 aliphatic heterocycles. The molecule has 0 saturated carbocycles. The average Bonchev–Trinajstić information content (AvgIpc) is 2.92. The van der Waals surface area contributed by atoms with E-state index in [0.29, 0.717) is 28.8 Å². The maximum atomic E-state index is 11.1. The van der Waals surface area contributed by atoms with Crippen molar-refractivity contribution in [1.82, 2.24) is 0 Å². The van der Waals surface area contributed by atoms with Crippen molar-refractivity contribution in [3.8, 4) is 11.5 Å². The van der Waals surface area contributed by atoms with Crippen molar-refractivity contribution in [1.29, 1.82) is 0 Å². The lowest BCUT2D eigenvalue weighted by atomic mass is 10.2. The van der Waals surface area contributed by atoms with E-state index >= 15 is 0 Å². The van der Waals surface area contributed by atoms with Crippen LogP contribution in [0.4, 0.5) is 11.4 Å². The molecule has 2 aromatic rings. The summed E-state index contributed by atoms with van der Waals surface area (Å²) in [5, 5.41) is 14.8. The molecule has 0 amide bonds. The van der Waals surface area contributed by atoms with Crippen molar-refractivity contribution >= 4 is 23.0 Å². The molecule has 21 heavy (non-hydrogen) atoms. The predicted octanol–water partition coefficient (Wildman–Crippen LogP) is 3.59. The van der Waals surface area contributed by atoms with Gasteiger partial charge in [-0.25, -0.2) is 0 Å². The molecule has 0 unspecified atom stereocenters. The minimum Gasteiger partial charge on any atom is -0.454 e. The maximum absolute atomic E-state index is 11.1. The Kier molecular flexibility index (Phi) is 3.53. The number of hydrogen-bond donors (Lipinski definition) is 1. The van der Waals surface area contributed by atoms with Gasteiger partial charge in [0.1, 0.15) is 5.69 Å². The highest BCUT2D eigenvalue weighted by atomic mass is 35.5. The zero-order valence-electron chi connectivity index (χ0n) is 10.8. The van der Waals surface area contributed by atoms with E-state index in [4.69, 9.17) is 21.1 Å². The van der Waals surface area contributed by atoms with Crippen LogP contribution in [0.5, 0.6) is 11.5 Å². The van der Waals surface area contributed by atoms with Gasteiger partial charge in [0.15, 0.2) is 11.5 Å². The Morgan fingerprint density at radius 3 is 2.52 bits per heavy atom. The Hall–Kier alpha value is -2.47. The number of nitrogens with zero attached hydrogens (tertiary/aromatic N) is 1. The standard InChI is InChI=1S/C14H11ClN2O4/c15-10-3-1-9(2-4-10)7-16-11-5-13-14(21-8-20-13)6-12(11)17(18)19/h1-6,16H,7-8H2. The molecule has 0 fully saturated rings. The van der Waals surface area contributed by atoms with Gasteiger partial charge in [0.25, 0.3) is 5.69 Å². The van der Waals surface area contributed by atoms with Gasteiger partial charge in [-0.3, -0.25) is 10.1 Å². The molecule has 3 rings (SSSR count). The van der Waals surface area contributed by atoms with Crippen LogP contribution in [-0.2, 0) is 6.54 Å². The van der Waals surface area contributed by atoms with Crippen LogP contribution in [0.2, 0.25) is 5.02 Å². The highest BCUT2D eigenvalue weighted by Crippen LogP contribution is 2.40.